The van der Waals surface area contributed by atoms with E-state index in [0.29, 0.717) is 17.7 Å². The molecule has 2 heterocycles. The molecule has 4 bridgehead atoms. The normalized spacial score (nSPS) is 35.7. The Hall–Kier alpha value is -2.31. The lowest BCUT2D eigenvalue weighted by Crippen LogP contribution is -2.60. The maximum atomic E-state index is 13.3. The first-order chi connectivity index (χ1) is 12.1. The number of carbonyl (C=O) groups is 1. The summed E-state index contributed by atoms with van der Waals surface area (Å²) >= 11 is 0. The van der Waals surface area contributed by atoms with Gasteiger partial charge in [0.25, 0.3) is 0 Å². The first kappa shape index (κ1) is 15.0. The minimum atomic E-state index is -0.330. The summed E-state index contributed by atoms with van der Waals surface area (Å²) in [6, 6.07) is 3.86. The molecule has 4 fully saturated rings. The lowest BCUT2D eigenvalue weighted by atomic mass is 9.46. The Morgan fingerprint density at radius 1 is 1.28 bits per heavy atom. The number of carbonyl (C=O) groups excluding carboxylic acids is 1. The van der Waals surface area contributed by atoms with Gasteiger partial charge in [0.2, 0.25) is 5.91 Å². The highest BCUT2D eigenvalue weighted by Gasteiger charge is 2.62. The van der Waals surface area contributed by atoms with E-state index in [9.17, 15) is 4.79 Å². The van der Waals surface area contributed by atoms with E-state index in [1.807, 2.05) is 19.1 Å². The predicted molar refractivity (Wildman–Crippen MR) is 90.5 cm³/mol. The fourth-order valence-electron chi connectivity index (χ4n) is 5.95. The van der Waals surface area contributed by atoms with Crippen molar-refractivity contribution in [3.05, 3.63) is 30.2 Å². The van der Waals surface area contributed by atoms with Crippen LogP contribution in [0.1, 0.15) is 44.1 Å². The van der Waals surface area contributed by atoms with Crippen LogP contribution < -0.4 is 5.32 Å². The van der Waals surface area contributed by atoms with Crippen molar-refractivity contribution >= 4 is 11.7 Å². The van der Waals surface area contributed by atoms with Crippen LogP contribution in [0.2, 0.25) is 0 Å². The molecule has 2 aromatic heterocycles. The van der Waals surface area contributed by atoms with E-state index in [0.717, 1.165) is 37.7 Å². The topological polar surface area (TPSA) is 85.6 Å². The van der Waals surface area contributed by atoms with E-state index in [2.05, 4.69) is 25.7 Å². The summed E-state index contributed by atoms with van der Waals surface area (Å²) in [4.78, 5) is 19.4. The highest BCUT2D eigenvalue weighted by molar-refractivity contribution is 5.95. The number of hydrogen-bond donors (Lipinski definition) is 1. The minimum Gasteiger partial charge on any atom is -0.310 e. The van der Waals surface area contributed by atoms with E-state index < -0.39 is 0 Å². The van der Waals surface area contributed by atoms with Crippen LogP contribution >= 0.6 is 0 Å². The van der Waals surface area contributed by atoms with Gasteiger partial charge in [-0.05, 0) is 80.2 Å². The van der Waals surface area contributed by atoms with Crippen LogP contribution in [0.3, 0.4) is 0 Å². The lowest BCUT2D eigenvalue weighted by Gasteiger charge is -2.60. The quantitative estimate of drug-likeness (QED) is 0.928. The standard InChI is InChI=1S/C18H22N6O/c1-12-2-3-19-15(4-12)22-16(25)17-6-13-5-14(7-17)9-18(8-13,10-17)24-21-11-20-23-24/h2-4,11,13-14H,5-10H2,1H3,(H,19,22,25)/t13-,14+,17?,18?. The Morgan fingerprint density at radius 2 is 2.08 bits per heavy atom. The van der Waals surface area contributed by atoms with Gasteiger partial charge in [0.05, 0.1) is 11.0 Å². The lowest BCUT2D eigenvalue weighted by molar-refractivity contribution is -0.152. The molecule has 2 unspecified atom stereocenters. The van der Waals surface area contributed by atoms with Crippen LogP contribution in [0, 0.1) is 24.2 Å². The van der Waals surface area contributed by atoms with Gasteiger partial charge in [0.1, 0.15) is 5.82 Å². The SMILES string of the molecule is Cc1ccnc(NC(=O)C23C[C@H]4C[C@@H](C2)CC(n2ncnn2)(C4)C3)c1. The van der Waals surface area contributed by atoms with Crippen molar-refractivity contribution in [2.45, 2.75) is 51.0 Å². The summed E-state index contributed by atoms with van der Waals surface area (Å²) in [6.45, 7) is 2.01. The zero-order valence-corrected chi connectivity index (χ0v) is 14.4. The smallest absolute Gasteiger partial charge is 0.231 e. The molecule has 0 saturated heterocycles. The predicted octanol–water partition coefficient (Wildman–Crippen LogP) is 2.31. The summed E-state index contributed by atoms with van der Waals surface area (Å²) in [6.07, 6.45) is 9.35. The van der Waals surface area contributed by atoms with Crippen LogP contribution in [0.5, 0.6) is 0 Å². The number of pyridine rings is 1. The number of aryl methyl sites for hydroxylation is 1. The second-order valence-electron chi connectivity index (χ2n) is 8.36. The Labute approximate surface area is 146 Å². The van der Waals surface area contributed by atoms with Crippen LogP contribution in [0.4, 0.5) is 5.82 Å². The summed E-state index contributed by atoms with van der Waals surface area (Å²) in [7, 11) is 0. The Balaban J connectivity index is 1.47. The van der Waals surface area contributed by atoms with Crippen LogP contribution in [0.15, 0.2) is 24.7 Å². The maximum Gasteiger partial charge on any atom is 0.231 e. The van der Waals surface area contributed by atoms with Crippen molar-refractivity contribution in [3.63, 3.8) is 0 Å². The molecular formula is C18H22N6O. The van der Waals surface area contributed by atoms with Gasteiger partial charge in [-0.15, -0.1) is 10.2 Å². The van der Waals surface area contributed by atoms with Crippen LogP contribution in [0.25, 0.3) is 0 Å². The second kappa shape index (κ2) is 5.09. The molecule has 4 aliphatic rings. The van der Waals surface area contributed by atoms with Crippen LogP contribution in [-0.2, 0) is 10.3 Å². The number of nitrogens with one attached hydrogen (secondary N) is 1. The number of amides is 1. The second-order valence-corrected chi connectivity index (χ2v) is 8.36. The molecule has 7 heteroatoms. The van der Waals surface area contributed by atoms with Gasteiger partial charge in [-0.1, -0.05) is 0 Å². The van der Waals surface area contributed by atoms with E-state index in [1.54, 1.807) is 11.0 Å². The zero-order valence-electron chi connectivity index (χ0n) is 14.4. The third-order valence-corrected chi connectivity index (χ3v) is 6.44. The summed E-state index contributed by atoms with van der Waals surface area (Å²) in [5.74, 6) is 1.91. The van der Waals surface area contributed by atoms with Gasteiger partial charge in [-0.25, -0.2) is 4.98 Å². The van der Waals surface area contributed by atoms with Gasteiger partial charge < -0.3 is 5.32 Å². The first-order valence-corrected chi connectivity index (χ1v) is 9.05. The molecule has 4 atom stereocenters. The van der Waals surface area contributed by atoms with E-state index in [4.69, 9.17) is 0 Å². The van der Waals surface area contributed by atoms with E-state index in [1.165, 1.54) is 12.7 Å². The van der Waals surface area contributed by atoms with Gasteiger partial charge in [0.15, 0.2) is 6.33 Å². The molecule has 0 aromatic carbocycles. The largest absolute Gasteiger partial charge is 0.310 e. The first-order valence-electron chi connectivity index (χ1n) is 9.05. The Kier molecular flexibility index (Phi) is 3.05. The molecule has 6 rings (SSSR count). The average molecular weight is 338 g/mol. The number of anilines is 1. The van der Waals surface area contributed by atoms with E-state index >= 15 is 0 Å². The zero-order chi connectivity index (χ0) is 17.1. The van der Waals surface area contributed by atoms with Gasteiger partial charge >= 0.3 is 0 Å². The fourth-order valence-corrected chi connectivity index (χ4v) is 5.95. The van der Waals surface area contributed by atoms with Crippen molar-refractivity contribution in [1.29, 1.82) is 0 Å². The van der Waals surface area contributed by atoms with Crippen molar-refractivity contribution < 1.29 is 4.79 Å². The Bertz CT molecular complexity index is 803. The molecule has 1 amide bonds. The summed E-state index contributed by atoms with van der Waals surface area (Å²) < 4.78 is 0. The molecule has 0 spiro atoms. The van der Waals surface area contributed by atoms with Gasteiger partial charge in [-0.3, -0.25) is 4.79 Å². The molecule has 0 aliphatic heterocycles. The number of rotatable bonds is 3. The number of nitrogens with zero attached hydrogens (tertiary/aromatic N) is 5. The highest BCUT2D eigenvalue weighted by Crippen LogP contribution is 2.64. The van der Waals surface area contributed by atoms with E-state index in [-0.39, 0.29) is 16.9 Å². The van der Waals surface area contributed by atoms with Crippen molar-refractivity contribution in [2.24, 2.45) is 17.3 Å². The molecule has 7 nitrogen and oxygen atoms in total. The maximum absolute atomic E-state index is 13.3. The number of aromatic nitrogens is 5. The molecule has 25 heavy (non-hydrogen) atoms. The van der Waals surface area contributed by atoms with Crippen LogP contribution in [-0.4, -0.2) is 31.1 Å². The molecule has 2 aromatic rings. The highest BCUT2D eigenvalue weighted by atomic mass is 16.2. The average Bonchev–Trinajstić information content (AvgIpc) is 3.09. The van der Waals surface area contributed by atoms with Crippen molar-refractivity contribution in [3.8, 4) is 0 Å². The minimum absolute atomic E-state index is 0.115. The fraction of sp³-hybridized carbons (Fsp3) is 0.611. The third kappa shape index (κ3) is 2.28. The molecule has 1 N–H and O–H groups in total. The summed E-state index contributed by atoms with van der Waals surface area (Å²) in [5, 5.41) is 15.5. The van der Waals surface area contributed by atoms with Crippen molar-refractivity contribution in [2.75, 3.05) is 5.32 Å². The molecular weight excluding hydrogens is 316 g/mol. The summed E-state index contributed by atoms with van der Waals surface area (Å²) in [5.41, 5.74) is 0.625. The monoisotopic (exact) mass is 338 g/mol. The molecule has 0 radical (unpaired) electrons. The molecule has 4 saturated carbocycles. The number of tetrazole rings is 1. The van der Waals surface area contributed by atoms with Crippen molar-refractivity contribution in [1.82, 2.24) is 25.2 Å². The third-order valence-electron chi connectivity index (χ3n) is 6.44. The number of hydrogen-bond acceptors (Lipinski definition) is 5. The molecule has 130 valence electrons. The van der Waals surface area contributed by atoms with Gasteiger partial charge in [-0.2, -0.15) is 4.80 Å². The Morgan fingerprint density at radius 3 is 2.76 bits per heavy atom. The molecule has 4 aliphatic carbocycles. The van der Waals surface area contributed by atoms with Gasteiger partial charge in [0, 0.05) is 6.20 Å².